The highest BCUT2D eigenvalue weighted by Crippen LogP contribution is 2.44. The molecule has 0 spiro atoms. The highest BCUT2D eigenvalue weighted by atomic mass is 32.2. The van der Waals surface area contributed by atoms with Gasteiger partial charge in [-0.3, -0.25) is 19.6 Å². The number of halogens is 2. The fourth-order valence-electron chi connectivity index (χ4n) is 10.1. The Balaban J connectivity index is 0.000000208. The van der Waals surface area contributed by atoms with Gasteiger partial charge in [0.05, 0.1) is 47.5 Å². The van der Waals surface area contributed by atoms with Gasteiger partial charge in [0.1, 0.15) is 17.4 Å². The Morgan fingerprint density at radius 3 is 1.53 bits per heavy atom. The van der Waals surface area contributed by atoms with Gasteiger partial charge < -0.3 is 9.47 Å². The van der Waals surface area contributed by atoms with Crippen LogP contribution in [0.4, 0.5) is 8.78 Å². The number of benzene rings is 4. The number of carbonyl (C=O) groups is 2. The highest BCUT2D eigenvalue weighted by Gasteiger charge is 2.36. The van der Waals surface area contributed by atoms with E-state index in [1.807, 2.05) is 88.4 Å². The van der Waals surface area contributed by atoms with Crippen LogP contribution in [0.2, 0.25) is 0 Å². The molecule has 6 aromatic rings. The normalized spacial score (nSPS) is 17.9. The first kappa shape index (κ1) is 54.1. The van der Waals surface area contributed by atoms with Crippen molar-refractivity contribution < 1.29 is 44.7 Å². The maximum atomic E-state index is 14.2. The molecule has 3 aliphatic heterocycles. The summed E-state index contributed by atoms with van der Waals surface area (Å²) in [4.78, 5) is 34.2. The Labute approximate surface area is 433 Å². The molecule has 0 radical (unpaired) electrons. The first-order valence-electron chi connectivity index (χ1n) is 24.6. The van der Waals surface area contributed by atoms with Crippen molar-refractivity contribution in [2.75, 3.05) is 12.5 Å². The lowest BCUT2D eigenvalue weighted by Crippen LogP contribution is -2.44. The van der Waals surface area contributed by atoms with Gasteiger partial charge in [-0.2, -0.15) is 8.61 Å². The zero-order valence-corrected chi connectivity index (χ0v) is 44.8. The SMILES string of the molecule is CC(=O)C[C@H]1C[C@@H](/C=C/c2c(C(C)C)nc3c(c2-c2ccc(F)cc2)CN(S(C)(=O)=O)Cc2ccccc2-3)OC(C)(C)O1.CC(C)c1nc2c(c(-c3ccc(F)cc3)c1C=O)CN(S(C)(=O)=O)Cc1ccccc1-2. The Kier molecular flexibility index (Phi) is 15.8. The summed E-state index contributed by atoms with van der Waals surface area (Å²) in [7, 11) is -7.10. The summed E-state index contributed by atoms with van der Waals surface area (Å²) in [5.74, 6) is -1.59. The third-order valence-electron chi connectivity index (χ3n) is 13.4. The van der Waals surface area contributed by atoms with Crippen LogP contribution in [0.25, 0.3) is 50.8 Å². The molecule has 74 heavy (non-hydrogen) atoms. The molecule has 5 heterocycles. The molecule has 0 N–H and O–H groups in total. The van der Waals surface area contributed by atoms with Crippen LogP contribution in [0, 0.1) is 11.6 Å². The number of fused-ring (bicyclic) bond motifs is 6. The Hall–Kier alpha value is -6.14. The van der Waals surface area contributed by atoms with Gasteiger partial charge in [-0.05, 0) is 84.7 Å². The Bertz CT molecular complexity index is 3380. The van der Waals surface area contributed by atoms with E-state index in [9.17, 15) is 35.2 Å². The number of rotatable bonds is 11. The quantitative estimate of drug-likeness (QED) is 0.115. The molecule has 9 rings (SSSR count). The maximum absolute atomic E-state index is 14.2. The van der Waals surface area contributed by atoms with E-state index in [2.05, 4.69) is 13.8 Å². The van der Waals surface area contributed by atoms with Gasteiger partial charge in [-0.25, -0.2) is 25.6 Å². The van der Waals surface area contributed by atoms with Crippen molar-refractivity contribution >= 4 is 38.2 Å². The summed E-state index contributed by atoms with van der Waals surface area (Å²) >= 11 is 0. The van der Waals surface area contributed by atoms with E-state index in [1.165, 1.54) is 45.4 Å². The van der Waals surface area contributed by atoms with Crippen LogP contribution in [-0.2, 0) is 60.5 Å². The number of pyridine rings is 2. The lowest BCUT2D eigenvalue weighted by atomic mass is 9.87. The number of ether oxygens (including phenoxy) is 2. The molecule has 0 bridgehead atoms. The molecule has 12 nitrogen and oxygen atoms in total. The number of hydrogen-bond acceptors (Lipinski definition) is 10. The number of hydrogen-bond donors (Lipinski definition) is 0. The molecule has 4 aromatic carbocycles. The van der Waals surface area contributed by atoms with E-state index < -0.39 is 25.8 Å². The van der Waals surface area contributed by atoms with Crippen LogP contribution in [0.5, 0.6) is 0 Å². The molecule has 0 saturated carbocycles. The Morgan fingerprint density at radius 1 is 0.676 bits per heavy atom. The van der Waals surface area contributed by atoms with Gasteiger partial charge in [0.25, 0.3) is 0 Å². The molecule has 1 saturated heterocycles. The fourth-order valence-corrected chi connectivity index (χ4v) is 11.6. The van der Waals surface area contributed by atoms with Crippen LogP contribution >= 0.6 is 0 Å². The summed E-state index contributed by atoms with van der Waals surface area (Å²) in [6.45, 7) is 13.9. The summed E-state index contributed by atoms with van der Waals surface area (Å²) in [6.07, 6.45) is 7.32. The second kappa shape index (κ2) is 21.6. The number of ketones is 1. The van der Waals surface area contributed by atoms with Gasteiger partial charge in [0.15, 0.2) is 12.1 Å². The summed E-state index contributed by atoms with van der Waals surface area (Å²) < 4.78 is 94.0. The van der Waals surface area contributed by atoms with E-state index in [4.69, 9.17) is 19.4 Å². The van der Waals surface area contributed by atoms with Gasteiger partial charge in [0, 0.05) is 78.0 Å². The fraction of sp³-hybridized carbons (Fsp3) is 0.345. The molecular formula is C58H62F2N4O8S2. The van der Waals surface area contributed by atoms with Gasteiger partial charge >= 0.3 is 0 Å². The van der Waals surface area contributed by atoms with E-state index in [0.717, 1.165) is 62.2 Å². The van der Waals surface area contributed by atoms with Crippen molar-refractivity contribution in [3.05, 3.63) is 160 Å². The minimum absolute atomic E-state index is 0.0167. The predicted molar refractivity (Wildman–Crippen MR) is 285 cm³/mol. The zero-order chi connectivity index (χ0) is 53.4. The second-order valence-electron chi connectivity index (χ2n) is 20.3. The molecule has 0 amide bonds. The lowest BCUT2D eigenvalue weighted by molar-refractivity contribution is -0.289. The van der Waals surface area contributed by atoms with E-state index in [-0.39, 0.29) is 67.6 Å². The van der Waals surface area contributed by atoms with Gasteiger partial charge in [0.2, 0.25) is 20.0 Å². The number of aromatic nitrogens is 2. The monoisotopic (exact) mass is 1040 g/mol. The van der Waals surface area contributed by atoms with E-state index in [1.54, 1.807) is 31.2 Å². The van der Waals surface area contributed by atoms with E-state index >= 15 is 0 Å². The van der Waals surface area contributed by atoms with Crippen molar-refractivity contribution in [3.63, 3.8) is 0 Å². The van der Waals surface area contributed by atoms with Crippen LogP contribution in [0.3, 0.4) is 0 Å². The molecular weight excluding hydrogens is 983 g/mol. The van der Waals surface area contributed by atoms with Crippen molar-refractivity contribution in [3.8, 4) is 44.8 Å². The van der Waals surface area contributed by atoms with Crippen molar-refractivity contribution in [1.29, 1.82) is 0 Å². The van der Waals surface area contributed by atoms with Crippen LogP contribution in [-0.4, -0.2) is 78.0 Å². The van der Waals surface area contributed by atoms with Gasteiger partial charge in [-0.1, -0.05) is 113 Å². The van der Waals surface area contributed by atoms with Crippen molar-refractivity contribution in [2.24, 2.45) is 0 Å². The number of aldehydes is 1. The molecule has 0 aliphatic carbocycles. The van der Waals surface area contributed by atoms with Crippen molar-refractivity contribution in [2.45, 2.75) is 117 Å². The number of Topliss-reactive ketones (excluding diaryl/α,β-unsaturated/α-hetero) is 1. The molecule has 2 aromatic heterocycles. The maximum Gasteiger partial charge on any atom is 0.211 e. The average molecular weight is 1050 g/mol. The van der Waals surface area contributed by atoms with Crippen LogP contribution in [0.1, 0.15) is 123 Å². The zero-order valence-electron chi connectivity index (χ0n) is 43.1. The van der Waals surface area contributed by atoms with Crippen molar-refractivity contribution in [1.82, 2.24) is 18.6 Å². The molecule has 388 valence electrons. The average Bonchev–Trinajstić information content (AvgIpc) is 3.61. The minimum atomic E-state index is -3.57. The van der Waals surface area contributed by atoms with E-state index in [0.29, 0.717) is 46.5 Å². The standard InChI is InChI=1S/C34H39FN2O5S.C24H23FN2O3S/c1-21(2)32-29(16-15-26-18-27(17-22(3)38)42-34(4,5)41-26)31(23-11-13-25(35)14-12-23)30-20-37(43(6,39)40)19-24-9-7-8-10-28(24)33(30)36-32;1-15(2)23-21(14-28)22(16-8-10-18(25)11-9-16)20-13-27(31(3,29)30)12-17-6-4-5-7-19(17)24(20)26-23/h7-16,21,26-27H,17-20H2,1-6H3;4-11,14-15H,12-13H2,1-3H3/b16-15+;/t26-,27+;/m1./s1. The second-order valence-corrected chi connectivity index (χ2v) is 24.3. The van der Waals surface area contributed by atoms with Gasteiger partial charge in [-0.15, -0.1) is 0 Å². The third kappa shape index (κ3) is 11.9. The molecule has 0 unspecified atom stereocenters. The molecule has 1 fully saturated rings. The molecule has 3 aliphatic rings. The van der Waals surface area contributed by atoms with Crippen LogP contribution < -0.4 is 0 Å². The lowest BCUT2D eigenvalue weighted by Gasteiger charge is -2.39. The number of sulfonamides is 2. The summed E-state index contributed by atoms with van der Waals surface area (Å²) in [5.41, 5.74) is 11.8. The Morgan fingerprint density at radius 2 is 1.11 bits per heavy atom. The smallest absolute Gasteiger partial charge is 0.211 e. The summed E-state index contributed by atoms with van der Waals surface area (Å²) in [6, 6.07) is 27.5. The first-order chi connectivity index (χ1) is 34.9. The third-order valence-corrected chi connectivity index (χ3v) is 15.8. The topological polar surface area (TPSA) is 153 Å². The largest absolute Gasteiger partial charge is 0.347 e. The molecule has 2 atom stereocenters. The summed E-state index contributed by atoms with van der Waals surface area (Å²) in [5, 5.41) is 0. The molecule has 16 heteroatoms. The first-order valence-corrected chi connectivity index (χ1v) is 28.3. The predicted octanol–water partition coefficient (Wildman–Crippen LogP) is 11.6. The number of carbonyl (C=O) groups excluding carboxylic acids is 2. The minimum Gasteiger partial charge on any atom is -0.347 e. The number of nitrogens with zero attached hydrogens (tertiary/aromatic N) is 4. The van der Waals surface area contributed by atoms with Crippen LogP contribution in [0.15, 0.2) is 103 Å². The highest BCUT2D eigenvalue weighted by molar-refractivity contribution is 7.88.